The summed E-state index contributed by atoms with van der Waals surface area (Å²) >= 11 is 0. The van der Waals surface area contributed by atoms with E-state index in [0.717, 1.165) is 6.07 Å². The third-order valence-electron chi connectivity index (χ3n) is 2.75. The molecule has 1 atom stereocenters. The van der Waals surface area contributed by atoms with E-state index in [4.69, 9.17) is 4.74 Å². The van der Waals surface area contributed by atoms with Gasteiger partial charge in [0.05, 0.1) is 16.6 Å². The first-order valence-corrected chi connectivity index (χ1v) is 5.56. The number of benzene rings is 1. The van der Waals surface area contributed by atoms with Crippen molar-refractivity contribution in [1.82, 2.24) is 0 Å². The highest BCUT2D eigenvalue weighted by Gasteiger charge is 2.21. The summed E-state index contributed by atoms with van der Waals surface area (Å²) in [4.78, 5) is 9.96. The van der Waals surface area contributed by atoms with Crippen molar-refractivity contribution < 1.29 is 19.2 Å². The fourth-order valence-corrected chi connectivity index (χ4v) is 1.29. The van der Waals surface area contributed by atoms with E-state index in [1.165, 1.54) is 13.0 Å². The van der Waals surface area contributed by atoms with Crippen LogP contribution in [0.3, 0.4) is 0 Å². The molecule has 100 valence electrons. The molecule has 0 spiro atoms. The molecule has 0 aliphatic carbocycles. The van der Waals surface area contributed by atoms with Crippen LogP contribution in [0.25, 0.3) is 0 Å². The van der Waals surface area contributed by atoms with Crippen LogP contribution >= 0.6 is 0 Å². The van der Waals surface area contributed by atoms with Crippen molar-refractivity contribution in [2.75, 3.05) is 6.61 Å². The van der Waals surface area contributed by atoms with Crippen molar-refractivity contribution in [3.8, 4) is 5.75 Å². The molecule has 0 aromatic heterocycles. The highest BCUT2D eigenvalue weighted by atomic mass is 19.1. The van der Waals surface area contributed by atoms with Crippen LogP contribution in [0.15, 0.2) is 12.1 Å². The number of nitrogens with zero attached hydrogens (tertiary/aromatic N) is 1. The standard InChI is InChI=1S/C12H16FNO4/c1-4-12(3,15)7-18-11-5-8(2)10(14(16)17)6-9(11)13/h5-6,15H,4,7H2,1-3H3. The minimum absolute atomic E-state index is 0.0718. The first-order chi connectivity index (χ1) is 8.26. The average molecular weight is 257 g/mol. The number of nitro benzene ring substituents is 1. The Hall–Kier alpha value is -1.69. The highest BCUT2D eigenvalue weighted by molar-refractivity contribution is 5.45. The second kappa shape index (κ2) is 5.30. The number of hydrogen-bond donors (Lipinski definition) is 1. The predicted octanol–water partition coefficient (Wildman–Crippen LogP) is 2.58. The quantitative estimate of drug-likeness (QED) is 0.650. The topological polar surface area (TPSA) is 72.6 Å². The molecule has 1 rings (SSSR count). The van der Waals surface area contributed by atoms with Gasteiger partial charge in [0.25, 0.3) is 5.69 Å². The maximum atomic E-state index is 13.6. The van der Waals surface area contributed by atoms with Crippen molar-refractivity contribution in [3.63, 3.8) is 0 Å². The van der Waals surface area contributed by atoms with E-state index in [9.17, 15) is 19.6 Å². The lowest BCUT2D eigenvalue weighted by atomic mass is 10.1. The van der Waals surface area contributed by atoms with Crippen molar-refractivity contribution in [3.05, 3.63) is 33.6 Å². The monoisotopic (exact) mass is 257 g/mol. The molecular formula is C12H16FNO4. The Morgan fingerprint density at radius 1 is 1.56 bits per heavy atom. The second-order valence-corrected chi connectivity index (χ2v) is 4.47. The van der Waals surface area contributed by atoms with Gasteiger partial charge in [-0.15, -0.1) is 0 Å². The Morgan fingerprint density at radius 3 is 2.67 bits per heavy atom. The van der Waals surface area contributed by atoms with Crippen molar-refractivity contribution in [1.29, 1.82) is 0 Å². The van der Waals surface area contributed by atoms with Gasteiger partial charge in [-0.1, -0.05) is 6.92 Å². The number of halogens is 1. The number of hydrogen-bond acceptors (Lipinski definition) is 4. The molecule has 1 aromatic carbocycles. The van der Waals surface area contributed by atoms with Gasteiger partial charge in [0.15, 0.2) is 11.6 Å². The van der Waals surface area contributed by atoms with E-state index in [1.807, 2.05) is 0 Å². The smallest absolute Gasteiger partial charge is 0.275 e. The molecule has 0 bridgehead atoms. The fraction of sp³-hybridized carbons (Fsp3) is 0.500. The highest BCUT2D eigenvalue weighted by Crippen LogP contribution is 2.27. The molecule has 18 heavy (non-hydrogen) atoms. The summed E-state index contributed by atoms with van der Waals surface area (Å²) < 4.78 is 18.7. The lowest BCUT2D eigenvalue weighted by molar-refractivity contribution is -0.385. The van der Waals surface area contributed by atoms with E-state index >= 15 is 0 Å². The summed E-state index contributed by atoms with van der Waals surface area (Å²) in [6.07, 6.45) is 0.459. The third kappa shape index (κ3) is 3.40. The summed E-state index contributed by atoms with van der Waals surface area (Å²) in [5.41, 5.74) is -1.03. The van der Waals surface area contributed by atoms with Gasteiger partial charge in [0, 0.05) is 5.56 Å². The van der Waals surface area contributed by atoms with Gasteiger partial charge in [-0.3, -0.25) is 10.1 Å². The van der Waals surface area contributed by atoms with E-state index in [2.05, 4.69) is 0 Å². The minimum Gasteiger partial charge on any atom is -0.488 e. The lowest BCUT2D eigenvalue weighted by Gasteiger charge is -2.21. The van der Waals surface area contributed by atoms with E-state index in [0.29, 0.717) is 12.0 Å². The zero-order chi connectivity index (χ0) is 13.9. The number of aliphatic hydroxyl groups is 1. The number of aryl methyl sites for hydroxylation is 1. The van der Waals surface area contributed by atoms with Crippen molar-refractivity contribution >= 4 is 5.69 Å². The van der Waals surface area contributed by atoms with Gasteiger partial charge in [-0.25, -0.2) is 4.39 Å². The zero-order valence-corrected chi connectivity index (χ0v) is 10.6. The van der Waals surface area contributed by atoms with Gasteiger partial charge >= 0.3 is 0 Å². The largest absolute Gasteiger partial charge is 0.488 e. The summed E-state index contributed by atoms with van der Waals surface area (Å²) in [6.45, 7) is 4.78. The molecule has 0 saturated carbocycles. The number of ether oxygens (including phenoxy) is 1. The van der Waals surface area contributed by atoms with Crippen LogP contribution in [0.5, 0.6) is 5.75 Å². The van der Waals surface area contributed by atoms with Gasteiger partial charge < -0.3 is 9.84 Å². The maximum Gasteiger partial charge on any atom is 0.275 e. The SMILES string of the molecule is CCC(C)(O)COc1cc(C)c([N+](=O)[O-])cc1F. The van der Waals surface area contributed by atoms with Gasteiger partial charge in [-0.2, -0.15) is 0 Å². The van der Waals surface area contributed by atoms with Crippen LogP contribution in [0.1, 0.15) is 25.8 Å². The Morgan fingerprint density at radius 2 is 2.17 bits per heavy atom. The summed E-state index contributed by atoms with van der Waals surface area (Å²) in [5.74, 6) is -0.897. The lowest BCUT2D eigenvalue weighted by Crippen LogP contribution is -2.31. The van der Waals surface area contributed by atoms with Crippen molar-refractivity contribution in [2.24, 2.45) is 0 Å². The molecule has 6 heteroatoms. The van der Waals surface area contributed by atoms with Crippen LogP contribution in [-0.4, -0.2) is 22.2 Å². The first kappa shape index (κ1) is 14.4. The van der Waals surface area contributed by atoms with Gasteiger partial charge in [0.2, 0.25) is 0 Å². The van der Waals surface area contributed by atoms with E-state index in [1.54, 1.807) is 13.8 Å². The maximum absolute atomic E-state index is 13.6. The molecule has 0 fully saturated rings. The van der Waals surface area contributed by atoms with Crippen molar-refractivity contribution in [2.45, 2.75) is 32.8 Å². The molecule has 1 aromatic rings. The minimum atomic E-state index is -1.05. The number of nitro groups is 1. The van der Waals surface area contributed by atoms with Gasteiger partial charge in [0.1, 0.15) is 6.61 Å². The van der Waals surface area contributed by atoms with Crippen LogP contribution in [-0.2, 0) is 0 Å². The third-order valence-corrected chi connectivity index (χ3v) is 2.75. The molecule has 0 radical (unpaired) electrons. The Bertz CT molecular complexity index is 460. The Kier molecular flexibility index (Phi) is 4.24. The van der Waals surface area contributed by atoms with Gasteiger partial charge in [-0.05, 0) is 26.3 Å². The molecular weight excluding hydrogens is 241 g/mol. The Labute approximate surface area is 104 Å². The van der Waals surface area contributed by atoms with E-state index in [-0.39, 0.29) is 18.0 Å². The first-order valence-electron chi connectivity index (χ1n) is 5.56. The Balaban J connectivity index is 2.92. The average Bonchev–Trinajstić information content (AvgIpc) is 2.29. The van der Waals surface area contributed by atoms with Crippen LogP contribution in [0.4, 0.5) is 10.1 Å². The zero-order valence-electron chi connectivity index (χ0n) is 10.6. The van der Waals surface area contributed by atoms with Crippen LogP contribution in [0.2, 0.25) is 0 Å². The molecule has 0 amide bonds. The molecule has 0 saturated heterocycles. The molecule has 5 nitrogen and oxygen atoms in total. The summed E-state index contributed by atoms with van der Waals surface area (Å²) in [7, 11) is 0. The van der Waals surface area contributed by atoms with Crippen LogP contribution in [0, 0.1) is 22.9 Å². The van der Waals surface area contributed by atoms with E-state index < -0.39 is 16.3 Å². The predicted molar refractivity (Wildman–Crippen MR) is 64.2 cm³/mol. The summed E-state index contributed by atoms with van der Waals surface area (Å²) in [5, 5.41) is 20.3. The molecule has 1 unspecified atom stereocenters. The number of rotatable bonds is 5. The molecule has 0 aliphatic heterocycles. The molecule has 0 aliphatic rings. The normalized spacial score (nSPS) is 14.1. The fourth-order valence-electron chi connectivity index (χ4n) is 1.29. The second-order valence-electron chi connectivity index (χ2n) is 4.47. The van der Waals surface area contributed by atoms with Crippen LogP contribution < -0.4 is 4.74 Å². The molecule has 1 N–H and O–H groups in total. The molecule has 0 heterocycles. The summed E-state index contributed by atoms with van der Waals surface area (Å²) in [6, 6.07) is 2.09.